The Hall–Kier alpha value is -0.670. The van der Waals surface area contributed by atoms with Crippen LogP contribution >= 0.6 is 11.8 Å². The van der Waals surface area contributed by atoms with Crippen molar-refractivity contribution in [2.45, 2.75) is 44.0 Å². The molecule has 1 N–H and O–H groups in total. The van der Waals surface area contributed by atoms with E-state index in [1.165, 1.54) is 5.56 Å². The lowest BCUT2D eigenvalue weighted by Gasteiger charge is -2.38. The molecule has 0 bridgehead atoms. The van der Waals surface area contributed by atoms with Crippen LogP contribution in [0.25, 0.3) is 0 Å². The Balaban J connectivity index is 2.24. The van der Waals surface area contributed by atoms with Gasteiger partial charge < -0.3 is 9.84 Å². The van der Waals surface area contributed by atoms with Gasteiger partial charge in [-0.15, -0.1) is 0 Å². The van der Waals surface area contributed by atoms with Crippen molar-refractivity contribution in [2.24, 2.45) is 0 Å². The predicted molar refractivity (Wildman–Crippen MR) is 77.5 cm³/mol. The van der Waals surface area contributed by atoms with Gasteiger partial charge in [0, 0.05) is 11.7 Å². The topological polar surface area (TPSA) is 29.5 Å². The van der Waals surface area contributed by atoms with Gasteiger partial charge in [-0.05, 0) is 37.1 Å². The molecule has 2 rings (SSSR count). The van der Waals surface area contributed by atoms with E-state index in [-0.39, 0.29) is 5.25 Å². The second-order valence-corrected chi connectivity index (χ2v) is 6.66. The number of hydrogen-bond donors (Lipinski definition) is 1. The highest BCUT2D eigenvalue weighted by atomic mass is 32.2. The Kier molecular flexibility index (Phi) is 4.23. The van der Waals surface area contributed by atoms with Crippen molar-refractivity contribution >= 4 is 11.8 Å². The van der Waals surface area contributed by atoms with Gasteiger partial charge in [-0.25, -0.2) is 0 Å². The maximum absolute atomic E-state index is 10.8. The van der Waals surface area contributed by atoms with Gasteiger partial charge in [-0.1, -0.05) is 24.6 Å². The van der Waals surface area contributed by atoms with Crippen LogP contribution in [-0.4, -0.2) is 28.8 Å². The van der Waals surface area contributed by atoms with Crippen molar-refractivity contribution in [1.29, 1.82) is 0 Å². The van der Waals surface area contributed by atoms with E-state index in [1.54, 1.807) is 7.11 Å². The van der Waals surface area contributed by atoms with Crippen molar-refractivity contribution in [3.8, 4) is 5.75 Å². The maximum atomic E-state index is 10.8. The average molecular weight is 266 g/mol. The van der Waals surface area contributed by atoms with Crippen LogP contribution in [0.4, 0.5) is 0 Å². The molecule has 2 atom stereocenters. The summed E-state index contributed by atoms with van der Waals surface area (Å²) in [6, 6.07) is 6.17. The van der Waals surface area contributed by atoms with E-state index in [2.05, 4.69) is 19.9 Å². The molecule has 1 fully saturated rings. The van der Waals surface area contributed by atoms with Crippen LogP contribution in [0.5, 0.6) is 5.75 Å². The summed E-state index contributed by atoms with van der Waals surface area (Å²) in [4.78, 5) is 0. The lowest BCUT2D eigenvalue weighted by atomic mass is 9.86. The fraction of sp³-hybridized carbons (Fsp3) is 0.600. The normalized spacial score (nSPS) is 28.1. The van der Waals surface area contributed by atoms with Crippen molar-refractivity contribution in [1.82, 2.24) is 0 Å². The molecule has 1 aromatic rings. The third kappa shape index (κ3) is 2.83. The van der Waals surface area contributed by atoms with E-state index >= 15 is 0 Å². The monoisotopic (exact) mass is 266 g/mol. The van der Waals surface area contributed by atoms with Gasteiger partial charge >= 0.3 is 0 Å². The Bertz CT molecular complexity index is 419. The van der Waals surface area contributed by atoms with Gasteiger partial charge in [0.25, 0.3) is 0 Å². The smallest absolute Gasteiger partial charge is 0.122 e. The number of hydrogen-bond acceptors (Lipinski definition) is 3. The first-order valence-electron chi connectivity index (χ1n) is 6.53. The number of aliphatic hydroxyl groups is 1. The van der Waals surface area contributed by atoms with E-state index in [9.17, 15) is 5.11 Å². The molecular weight excluding hydrogens is 244 g/mol. The van der Waals surface area contributed by atoms with Crippen molar-refractivity contribution in [3.05, 3.63) is 29.3 Å². The summed E-state index contributed by atoms with van der Waals surface area (Å²) in [7, 11) is 1.69. The number of aryl methyl sites for hydroxylation is 1. The highest BCUT2D eigenvalue weighted by Crippen LogP contribution is 2.38. The van der Waals surface area contributed by atoms with Gasteiger partial charge in [-0.3, -0.25) is 0 Å². The van der Waals surface area contributed by atoms with Crippen LogP contribution in [0.2, 0.25) is 0 Å². The molecule has 0 spiro atoms. The standard InChI is InChI=1S/C15H22O2S/c1-11-5-6-14(17-3)13(9-11)10-15(16)7-4-8-18-12(15)2/h5-6,9,12,16H,4,7-8,10H2,1-3H3. The molecule has 0 aromatic heterocycles. The molecule has 0 amide bonds. The quantitative estimate of drug-likeness (QED) is 0.911. The Labute approximate surface area is 114 Å². The van der Waals surface area contributed by atoms with Gasteiger partial charge in [0.05, 0.1) is 12.7 Å². The number of rotatable bonds is 3. The Morgan fingerprint density at radius 2 is 2.28 bits per heavy atom. The molecule has 0 saturated carbocycles. The van der Waals surface area contributed by atoms with Crippen LogP contribution in [0, 0.1) is 6.92 Å². The molecule has 1 aliphatic heterocycles. The SMILES string of the molecule is COc1ccc(C)cc1CC1(O)CCCSC1C. The minimum absolute atomic E-state index is 0.288. The third-order valence-corrected chi connectivity index (χ3v) is 5.27. The molecule has 1 aromatic carbocycles. The molecule has 1 saturated heterocycles. The Morgan fingerprint density at radius 1 is 1.50 bits per heavy atom. The zero-order valence-electron chi connectivity index (χ0n) is 11.4. The first-order valence-corrected chi connectivity index (χ1v) is 7.57. The van der Waals surface area contributed by atoms with E-state index in [1.807, 2.05) is 23.9 Å². The Morgan fingerprint density at radius 3 is 2.94 bits per heavy atom. The molecule has 2 unspecified atom stereocenters. The number of thioether (sulfide) groups is 1. The summed E-state index contributed by atoms with van der Waals surface area (Å²) in [5.41, 5.74) is 1.74. The zero-order chi connectivity index (χ0) is 13.2. The summed E-state index contributed by atoms with van der Waals surface area (Å²) >= 11 is 1.87. The lowest BCUT2D eigenvalue weighted by Crippen LogP contribution is -2.43. The third-order valence-electron chi connectivity index (χ3n) is 3.81. The summed E-state index contributed by atoms with van der Waals surface area (Å²) in [6.45, 7) is 4.21. The minimum atomic E-state index is -0.593. The molecule has 100 valence electrons. The molecule has 18 heavy (non-hydrogen) atoms. The molecule has 1 heterocycles. The highest BCUT2D eigenvalue weighted by molar-refractivity contribution is 8.00. The number of ether oxygens (including phenoxy) is 1. The largest absolute Gasteiger partial charge is 0.496 e. The molecule has 0 radical (unpaired) electrons. The summed E-state index contributed by atoms with van der Waals surface area (Å²) in [5, 5.41) is 11.1. The molecule has 3 heteroatoms. The van der Waals surface area contributed by atoms with Crippen LogP contribution in [0.3, 0.4) is 0 Å². The van der Waals surface area contributed by atoms with E-state index in [0.29, 0.717) is 6.42 Å². The van der Waals surface area contributed by atoms with Gasteiger partial charge in [0.2, 0.25) is 0 Å². The minimum Gasteiger partial charge on any atom is -0.496 e. The van der Waals surface area contributed by atoms with Crippen LogP contribution in [-0.2, 0) is 6.42 Å². The van der Waals surface area contributed by atoms with Gasteiger partial charge in [-0.2, -0.15) is 11.8 Å². The second-order valence-electron chi connectivity index (χ2n) is 5.21. The molecule has 1 aliphatic rings. The van der Waals surface area contributed by atoms with E-state index in [0.717, 1.165) is 29.9 Å². The average Bonchev–Trinajstić information content (AvgIpc) is 2.33. The van der Waals surface area contributed by atoms with E-state index in [4.69, 9.17) is 4.74 Å². The maximum Gasteiger partial charge on any atom is 0.122 e. The van der Waals surface area contributed by atoms with Gasteiger partial charge in [0.1, 0.15) is 5.75 Å². The molecule has 2 nitrogen and oxygen atoms in total. The summed E-state index contributed by atoms with van der Waals surface area (Å²) < 4.78 is 5.40. The number of benzene rings is 1. The second kappa shape index (κ2) is 5.54. The van der Waals surface area contributed by atoms with Crippen LogP contribution in [0.15, 0.2) is 18.2 Å². The first kappa shape index (κ1) is 13.8. The van der Waals surface area contributed by atoms with Crippen molar-refractivity contribution in [3.63, 3.8) is 0 Å². The highest BCUT2D eigenvalue weighted by Gasteiger charge is 2.37. The first-order chi connectivity index (χ1) is 8.55. The molecule has 0 aliphatic carbocycles. The summed E-state index contributed by atoms with van der Waals surface area (Å²) in [6.07, 6.45) is 2.67. The fourth-order valence-corrected chi connectivity index (χ4v) is 3.78. The lowest BCUT2D eigenvalue weighted by molar-refractivity contribution is 0.0292. The summed E-state index contributed by atoms with van der Waals surface area (Å²) in [5.74, 6) is 2.05. The van der Waals surface area contributed by atoms with Crippen LogP contribution < -0.4 is 4.74 Å². The molecular formula is C15H22O2S. The van der Waals surface area contributed by atoms with Crippen molar-refractivity contribution in [2.75, 3.05) is 12.9 Å². The fourth-order valence-electron chi connectivity index (χ4n) is 2.60. The zero-order valence-corrected chi connectivity index (χ0v) is 12.2. The van der Waals surface area contributed by atoms with Crippen LogP contribution in [0.1, 0.15) is 30.9 Å². The number of methoxy groups -OCH3 is 1. The van der Waals surface area contributed by atoms with Crippen molar-refractivity contribution < 1.29 is 9.84 Å². The predicted octanol–water partition coefficient (Wildman–Crippen LogP) is 3.19. The van der Waals surface area contributed by atoms with Gasteiger partial charge in [0.15, 0.2) is 0 Å². The van der Waals surface area contributed by atoms with E-state index < -0.39 is 5.60 Å².